The van der Waals surface area contributed by atoms with Gasteiger partial charge in [0.05, 0.1) is 5.52 Å². The molecule has 1 fully saturated rings. The zero-order valence-electron chi connectivity index (χ0n) is 16.6. The van der Waals surface area contributed by atoms with Gasteiger partial charge in [-0.05, 0) is 59.9 Å². The number of carbonyl (C=O) groups is 1. The molecule has 5 nitrogen and oxygen atoms in total. The summed E-state index contributed by atoms with van der Waals surface area (Å²) in [6.07, 6.45) is 4.61. The molecule has 1 saturated heterocycles. The van der Waals surface area contributed by atoms with Crippen LogP contribution in [0, 0.1) is 5.92 Å². The van der Waals surface area contributed by atoms with Crippen molar-refractivity contribution in [1.82, 2.24) is 9.88 Å². The lowest BCUT2D eigenvalue weighted by Gasteiger charge is -2.48. The third-order valence-corrected chi connectivity index (χ3v) is 6.64. The molecule has 1 aromatic heterocycles. The van der Waals surface area contributed by atoms with Crippen LogP contribution in [0.15, 0.2) is 54.7 Å². The van der Waals surface area contributed by atoms with Crippen LogP contribution in [0.4, 0.5) is 4.79 Å². The monoisotopic (exact) mass is 387 g/mol. The maximum Gasteiger partial charge on any atom is 0.314 e. The third kappa shape index (κ3) is 3.11. The quantitative estimate of drug-likeness (QED) is 0.673. The van der Waals surface area contributed by atoms with Crippen molar-refractivity contribution in [2.24, 2.45) is 11.7 Å². The molecule has 0 bridgehead atoms. The van der Waals surface area contributed by atoms with Crippen LogP contribution in [0.5, 0.6) is 5.75 Å². The van der Waals surface area contributed by atoms with Gasteiger partial charge in [0, 0.05) is 37.0 Å². The molecule has 2 aromatic carbocycles. The highest BCUT2D eigenvalue weighted by Gasteiger charge is 2.45. The number of aromatic nitrogens is 1. The van der Waals surface area contributed by atoms with Crippen molar-refractivity contribution in [2.75, 3.05) is 13.1 Å². The Hall–Kier alpha value is -3.08. The number of hydrogen-bond acceptors (Lipinski definition) is 3. The van der Waals surface area contributed by atoms with Crippen molar-refractivity contribution in [3.8, 4) is 16.9 Å². The van der Waals surface area contributed by atoms with E-state index < -0.39 is 0 Å². The van der Waals surface area contributed by atoms with Gasteiger partial charge in [0.2, 0.25) is 0 Å². The molecule has 0 aliphatic carbocycles. The Balaban J connectivity index is 1.41. The van der Waals surface area contributed by atoms with E-state index in [1.807, 2.05) is 12.3 Å². The number of fused-ring (bicyclic) bond motifs is 2. The smallest absolute Gasteiger partial charge is 0.314 e. The summed E-state index contributed by atoms with van der Waals surface area (Å²) in [7, 11) is 0. The molecular weight excluding hydrogens is 362 g/mol. The summed E-state index contributed by atoms with van der Waals surface area (Å²) in [5.74, 6) is 1.23. The Kier molecular flexibility index (Phi) is 4.19. The van der Waals surface area contributed by atoms with E-state index in [2.05, 4.69) is 54.4 Å². The number of rotatable bonds is 1. The number of nitrogens with zero attached hydrogens (tertiary/aromatic N) is 2. The first-order valence-corrected chi connectivity index (χ1v) is 10.3. The van der Waals surface area contributed by atoms with Crippen LogP contribution in [0.1, 0.15) is 25.3 Å². The topological polar surface area (TPSA) is 68.5 Å². The van der Waals surface area contributed by atoms with Crippen molar-refractivity contribution >= 4 is 16.9 Å². The van der Waals surface area contributed by atoms with E-state index in [0.717, 1.165) is 35.9 Å². The molecule has 0 radical (unpaired) electrons. The first-order valence-electron chi connectivity index (χ1n) is 10.3. The molecule has 1 unspecified atom stereocenters. The number of amides is 2. The highest BCUT2D eigenvalue weighted by atomic mass is 16.5. The normalized spacial score (nSPS) is 23.6. The van der Waals surface area contributed by atoms with Gasteiger partial charge < -0.3 is 15.4 Å². The summed E-state index contributed by atoms with van der Waals surface area (Å²) in [6, 6.07) is 16.6. The maximum absolute atomic E-state index is 11.5. The molecule has 5 heteroatoms. The molecule has 3 heterocycles. The van der Waals surface area contributed by atoms with Gasteiger partial charge in [-0.15, -0.1) is 0 Å². The molecule has 2 aliphatic heterocycles. The van der Waals surface area contributed by atoms with Crippen LogP contribution < -0.4 is 10.5 Å². The molecule has 5 rings (SSSR count). The Morgan fingerprint density at radius 2 is 2.00 bits per heavy atom. The molecule has 3 aromatic rings. The second-order valence-corrected chi connectivity index (χ2v) is 8.34. The second-order valence-electron chi connectivity index (χ2n) is 8.34. The lowest BCUT2D eigenvalue weighted by molar-refractivity contribution is -0.0479. The van der Waals surface area contributed by atoms with Gasteiger partial charge in [0.25, 0.3) is 0 Å². The number of pyridine rings is 1. The van der Waals surface area contributed by atoms with Gasteiger partial charge in [-0.1, -0.05) is 25.1 Å². The predicted octanol–water partition coefficient (Wildman–Crippen LogP) is 4.39. The molecule has 0 saturated carbocycles. The number of likely N-dealkylation sites (tertiary alicyclic amines) is 1. The minimum Gasteiger partial charge on any atom is -0.487 e. The number of aryl methyl sites for hydroxylation is 1. The van der Waals surface area contributed by atoms with E-state index in [-0.39, 0.29) is 17.6 Å². The lowest BCUT2D eigenvalue weighted by Crippen LogP contribution is -2.57. The Morgan fingerprint density at radius 3 is 2.83 bits per heavy atom. The number of carbonyl (C=O) groups excluding carboxylic acids is 1. The van der Waals surface area contributed by atoms with Gasteiger partial charge in [0.1, 0.15) is 11.4 Å². The predicted molar refractivity (Wildman–Crippen MR) is 114 cm³/mol. The molecular formula is C24H25N3O2. The molecule has 2 N–H and O–H groups in total. The van der Waals surface area contributed by atoms with Gasteiger partial charge in [-0.2, -0.15) is 0 Å². The molecule has 2 aliphatic rings. The molecule has 29 heavy (non-hydrogen) atoms. The summed E-state index contributed by atoms with van der Waals surface area (Å²) >= 11 is 0. The first-order chi connectivity index (χ1) is 14.0. The Bertz CT molecular complexity index is 1100. The van der Waals surface area contributed by atoms with Crippen LogP contribution in [0.3, 0.4) is 0 Å². The molecule has 148 valence electrons. The minimum atomic E-state index is -0.335. The van der Waals surface area contributed by atoms with Crippen molar-refractivity contribution in [1.29, 1.82) is 0 Å². The largest absolute Gasteiger partial charge is 0.487 e. The van der Waals surface area contributed by atoms with Gasteiger partial charge in [-0.25, -0.2) is 4.79 Å². The number of benzene rings is 2. The van der Waals surface area contributed by atoms with E-state index >= 15 is 0 Å². The summed E-state index contributed by atoms with van der Waals surface area (Å²) in [6.45, 7) is 3.49. The number of hydrogen-bond donors (Lipinski definition) is 1. The van der Waals surface area contributed by atoms with E-state index in [0.29, 0.717) is 13.1 Å². The minimum absolute atomic E-state index is 0.199. The SMILES string of the molecule is CC1CN(C(N)=O)CC[C@]12CCc1cc(-c3ccc4ncccc4c3)ccc1O2. The van der Waals surface area contributed by atoms with Crippen LogP contribution >= 0.6 is 0 Å². The van der Waals surface area contributed by atoms with Crippen LogP contribution in [-0.2, 0) is 6.42 Å². The second kappa shape index (κ2) is 6.76. The lowest BCUT2D eigenvalue weighted by atomic mass is 9.76. The maximum atomic E-state index is 11.5. The highest BCUT2D eigenvalue weighted by Crippen LogP contribution is 2.43. The van der Waals surface area contributed by atoms with Crippen LogP contribution in [0.2, 0.25) is 0 Å². The van der Waals surface area contributed by atoms with E-state index in [1.54, 1.807) is 4.90 Å². The van der Waals surface area contributed by atoms with Gasteiger partial charge in [0.15, 0.2) is 0 Å². The van der Waals surface area contributed by atoms with Gasteiger partial charge >= 0.3 is 6.03 Å². The standard InChI is InChI=1S/C24H25N3O2/c1-16-15-27(23(25)28)12-10-24(16)9-8-20-14-18(5-7-22(20)29-24)17-4-6-21-19(13-17)3-2-11-26-21/h2-7,11,13-14,16H,8-10,12,15H2,1H3,(H2,25,28)/t16?,24-/m1/s1. The Morgan fingerprint density at radius 1 is 1.17 bits per heavy atom. The van der Waals surface area contributed by atoms with Crippen molar-refractivity contribution in [3.05, 3.63) is 60.3 Å². The zero-order chi connectivity index (χ0) is 20.0. The molecule has 1 spiro atoms. The van der Waals surface area contributed by atoms with Crippen molar-refractivity contribution < 1.29 is 9.53 Å². The molecule has 2 amide bonds. The fourth-order valence-corrected chi connectivity index (χ4v) is 4.81. The number of primary amides is 1. The number of nitrogens with two attached hydrogens (primary N) is 1. The summed E-state index contributed by atoms with van der Waals surface area (Å²) < 4.78 is 6.57. The number of piperidine rings is 1. The fourth-order valence-electron chi connectivity index (χ4n) is 4.81. The average molecular weight is 387 g/mol. The van der Waals surface area contributed by atoms with Gasteiger partial charge in [-0.3, -0.25) is 4.98 Å². The summed E-state index contributed by atoms with van der Waals surface area (Å²) in [4.78, 5) is 17.7. The highest BCUT2D eigenvalue weighted by molar-refractivity contribution is 5.84. The van der Waals surface area contributed by atoms with Crippen LogP contribution in [0.25, 0.3) is 22.0 Å². The average Bonchev–Trinajstić information content (AvgIpc) is 2.75. The number of urea groups is 1. The van der Waals surface area contributed by atoms with E-state index in [4.69, 9.17) is 10.5 Å². The van der Waals surface area contributed by atoms with E-state index in [9.17, 15) is 4.79 Å². The Labute approximate surface area is 170 Å². The first kappa shape index (κ1) is 18.0. The fraction of sp³-hybridized carbons (Fsp3) is 0.333. The van der Waals surface area contributed by atoms with Crippen molar-refractivity contribution in [2.45, 2.75) is 31.8 Å². The number of ether oxygens (including phenoxy) is 1. The summed E-state index contributed by atoms with van der Waals surface area (Å²) in [5.41, 5.74) is 9.93. The van der Waals surface area contributed by atoms with Crippen molar-refractivity contribution in [3.63, 3.8) is 0 Å². The summed E-state index contributed by atoms with van der Waals surface area (Å²) in [5, 5.41) is 1.15. The third-order valence-electron chi connectivity index (χ3n) is 6.64. The molecule has 2 atom stereocenters. The van der Waals surface area contributed by atoms with E-state index in [1.165, 1.54) is 16.7 Å². The zero-order valence-corrected chi connectivity index (χ0v) is 16.6. The van der Waals surface area contributed by atoms with Crippen LogP contribution in [-0.4, -0.2) is 34.6 Å².